The molecule has 0 amide bonds. The molecule has 0 saturated heterocycles. The number of hydrogen-bond donors (Lipinski definition) is 2. The van der Waals surface area contributed by atoms with E-state index in [4.69, 9.17) is 5.11 Å². The Kier molecular flexibility index (Phi) is 9.58. The zero-order chi connectivity index (χ0) is 22.1. The van der Waals surface area contributed by atoms with E-state index in [1.54, 1.807) is 5.38 Å². The van der Waals surface area contributed by atoms with E-state index in [1.165, 1.54) is 28.7 Å². The molecular formula is C22H31NO5S2. The lowest BCUT2D eigenvalue weighted by atomic mass is 9.90. The van der Waals surface area contributed by atoms with Gasteiger partial charge in [0.1, 0.15) is 5.78 Å². The first-order valence-corrected chi connectivity index (χ1v) is 12.1. The van der Waals surface area contributed by atoms with Crippen molar-refractivity contribution in [2.24, 2.45) is 11.8 Å². The van der Waals surface area contributed by atoms with Crippen molar-refractivity contribution in [3.63, 3.8) is 0 Å². The third kappa shape index (κ3) is 8.62. The first-order valence-electron chi connectivity index (χ1n) is 10.2. The number of thiazole rings is 1. The van der Waals surface area contributed by atoms with Crippen molar-refractivity contribution >= 4 is 35.0 Å². The smallest absolute Gasteiger partial charge is 0.449 e. The van der Waals surface area contributed by atoms with Crippen LogP contribution in [-0.4, -0.2) is 38.5 Å². The van der Waals surface area contributed by atoms with E-state index in [9.17, 15) is 14.7 Å². The van der Waals surface area contributed by atoms with Crippen molar-refractivity contribution in [1.82, 2.24) is 4.98 Å². The Labute approximate surface area is 186 Å². The van der Waals surface area contributed by atoms with Gasteiger partial charge in [0.15, 0.2) is 4.34 Å². The molecule has 1 unspecified atom stereocenters. The molecule has 1 aliphatic carbocycles. The highest BCUT2D eigenvalue weighted by molar-refractivity contribution is 8.01. The standard InChI is InChI=1S/C22H31NO5S2/c1-15(2)6-4-11-22(3,27)12-5-7-16-8-9-18(24)17(16)10-13-29-20-23-19(14-30-20)28-21(25)26/h5-7,14,16-17,27H,4,8-13H2,1-3H3,(H,25,26)/b7-5+/t16-,17+,22?/m0/s1. The lowest BCUT2D eigenvalue weighted by molar-refractivity contribution is -0.121. The topological polar surface area (TPSA) is 96.7 Å². The predicted octanol–water partition coefficient (Wildman–Crippen LogP) is 5.72. The summed E-state index contributed by atoms with van der Waals surface area (Å²) in [6.45, 7) is 5.98. The van der Waals surface area contributed by atoms with Gasteiger partial charge in [-0.3, -0.25) is 4.79 Å². The van der Waals surface area contributed by atoms with Crippen LogP contribution in [0.2, 0.25) is 0 Å². The molecule has 6 nitrogen and oxygen atoms in total. The van der Waals surface area contributed by atoms with Gasteiger partial charge in [-0.25, -0.2) is 4.79 Å². The predicted molar refractivity (Wildman–Crippen MR) is 120 cm³/mol. The number of carbonyl (C=O) groups is 2. The van der Waals surface area contributed by atoms with Crippen LogP contribution in [0.25, 0.3) is 0 Å². The third-order valence-electron chi connectivity index (χ3n) is 5.14. The Morgan fingerprint density at radius 2 is 2.23 bits per heavy atom. The van der Waals surface area contributed by atoms with Crippen LogP contribution in [0, 0.1) is 11.8 Å². The monoisotopic (exact) mass is 453 g/mol. The van der Waals surface area contributed by atoms with Gasteiger partial charge in [0.2, 0.25) is 5.88 Å². The number of rotatable bonds is 11. The molecule has 1 aliphatic rings. The molecule has 8 heteroatoms. The minimum atomic E-state index is -1.38. The van der Waals surface area contributed by atoms with Gasteiger partial charge in [0.25, 0.3) is 0 Å². The van der Waals surface area contributed by atoms with Crippen LogP contribution in [0.4, 0.5) is 4.79 Å². The largest absolute Gasteiger partial charge is 0.512 e. The summed E-state index contributed by atoms with van der Waals surface area (Å²) in [4.78, 5) is 27.0. The maximum Gasteiger partial charge on any atom is 0.512 e. The molecular weight excluding hydrogens is 422 g/mol. The summed E-state index contributed by atoms with van der Waals surface area (Å²) in [6, 6.07) is 0. The second-order valence-electron chi connectivity index (χ2n) is 8.18. The van der Waals surface area contributed by atoms with Gasteiger partial charge in [-0.1, -0.05) is 35.6 Å². The van der Waals surface area contributed by atoms with Gasteiger partial charge in [-0.2, -0.15) is 4.98 Å². The summed E-state index contributed by atoms with van der Waals surface area (Å²) in [7, 11) is 0. The summed E-state index contributed by atoms with van der Waals surface area (Å²) in [5.74, 6) is 1.34. The second-order valence-corrected chi connectivity index (χ2v) is 10.4. The van der Waals surface area contributed by atoms with Gasteiger partial charge in [-0.15, -0.1) is 11.3 Å². The molecule has 2 rings (SSSR count). The maximum absolute atomic E-state index is 12.3. The van der Waals surface area contributed by atoms with Crippen LogP contribution in [0.5, 0.6) is 5.88 Å². The molecule has 0 aliphatic heterocycles. The number of ketones is 1. The minimum absolute atomic E-state index is 0.000856. The van der Waals surface area contributed by atoms with E-state index >= 15 is 0 Å². The van der Waals surface area contributed by atoms with E-state index in [2.05, 4.69) is 35.7 Å². The number of Topliss-reactive ketones (excluding diaryl/α,β-unsaturated/α-hetero) is 1. The van der Waals surface area contributed by atoms with Gasteiger partial charge in [0, 0.05) is 18.1 Å². The number of nitrogens with zero attached hydrogens (tertiary/aromatic N) is 1. The molecule has 0 radical (unpaired) electrons. The molecule has 3 atom stereocenters. The first kappa shape index (κ1) is 24.6. The SMILES string of the molecule is CC(C)=CCCC(C)(O)C/C=C/[C@H]1CCC(=O)[C@@H]1CCSc1nc(OC(=O)O)cs1. The summed E-state index contributed by atoms with van der Waals surface area (Å²) in [5.41, 5.74) is 0.520. The van der Waals surface area contributed by atoms with Gasteiger partial charge < -0.3 is 14.9 Å². The van der Waals surface area contributed by atoms with Crippen molar-refractivity contribution in [3.05, 3.63) is 29.2 Å². The van der Waals surface area contributed by atoms with E-state index < -0.39 is 11.8 Å². The van der Waals surface area contributed by atoms with Crippen LogP contribution in [0.3, 0.4) is 0 Å². The fourth-order valence-electron chi connectivity index (χ4n) is 3.53. The van der Waals surface area contributed by atoms with E-state index in [1.807, 2.05) is 13.0 Å². The highest BCUT2D eigenvalue weighted by Gasteiger charge is 2.32. The number of aliphatic hydroxyl groups is 1. The average Bonchev–Trinajstić information content (AvgIpc) is 3.21. The first-order chi connectivity index (χ1) is 14.2. The molecule has 1 aromatic rings. The highest BCUT2D eigenvalue weighted by Crippen LogP contribution is 2.35. The van der Waals surface area contributed by atoms with E-state index in [0.29, 0.717) is 25.0 Å². The number of allylic oxidation sites excluding steroid dienone is 3. The number of carbonyl (C=O) groups excluding carboxylic acids is 1. The summed E-state index contributed by atoms with van der Waals surface area (Å²) in [5, 5.41) is 20.7. The summed E-state index contributed by atoms with van der Waals surface area (Å²) in [6.07, 6.45) is 9.29. The van der Waals surface area contributed by atoms with Crippen molar-refractivity contribution in [2.75, 3.05) is 5.75 Å². The van der Waals surface area contributed by atoms with Gasteiger partial charge in [-0.05, 0) is 58.8 Å². The van der Waals surface area contributed by atoms with Crippen LogP contribution in [0.15, 0.2) is 33.5 Å². The van der Waals surface area contributed by atoms with Crippen molar-refractivity contribution in [2.45, 2.75) is 69.2 Å². The number of hydrogen-bond acceptors (Lipinski definition) is 7. The fourth-order valence-corrected chi connectivity index (χ4v) is 5.34. The molecule has 1 fully saturated rings. The normalized spacial score (nSPS) is 21.0. The van der Waals surface area contributed by atoms with Gasteiger partial charge in [0.05, 0.1) is 11.0 Å². The Bertz CT molecular complexity index is 780. The zero-order valence-corrected chi connectivity index (χ0v) is 19.4. The quantitative estimate of drug-likeness (QED) is 0.251. The number of thioether (sulfide) groups is 1. The Morgan fingerprint density at radius 3 is 2.93 bits per heavy atom. The zero-order valence-electron chi connectivity index (χ0n) is 17.8. The molecule has 2 N–H and O–H groups in total. The Hall–Kier alpha value is -1.64. The number of carboxylic acid groups (broad SMARTS) is 1. The molecule has 0 bridgehead atoms. The number of ether oxygens (including phenoxy) is 1. The molecule has 1 saturated carbocycles. The maximum atomic E-state index is 12.3. The third-order valence-corrected chi connectivity index (χ3v) is 7.17. The van der Waals surface area contributed by atoms with E-state index in [-0.39, 0.29) is 17.7 Å². The molecule has 0 spiro atoms. The molecule has 1 heterocycles. The van der Waals surface area contributed by atoms with Crippen molar-refractivity contribution in [3.8, 4) is 5.88 Å². The highest BCUT2D eigenvalue weighted by atomic mass is 32.2. The minimum Gasteiger partial charge on any atom is -0.449 e. The van der Waals surface area contributed by atoms with Crippen LogP contribution < -0.4 is 4.74 Å². The summed E-state index contributed by atoms with van der Waals surface area (Å²) < 4.78 is 5.26. The van der Waals surface area contributed by atoms with Crippen LogP contribution >= 0.6 is 23.1 Å². The Morgan fingerprint density at radius 1 is 1.47 bits per heavy atom. The Balaban J connectivity index is 1.80. The lowest BCUT2D eigenvalue weighted by Crippen LogP contribution is -2.22. The summed E-state index contributed by atoms with van der Waals surface area (Å²) >= 11 is 2.84. The molecule has 0 aromatic carbocycles. The molecule has 166 valence electrons. The second kappa shape index (κ2) is 11.7. The van der Waals surface area contributed by atoms with Gasteiger partial charge >= 0.3 is 6.16 Å². The lowest BCUT2D eigenvalue weighted by Gasteiger charge is -2.21. The van der Waals surface area contributed by atoms with Crippen molar-refractivity contribution in [1.29, 1.82) is 0 Å². The van der Waals surface area contributed by atoms with Crippen LogP contribution in [0.1, 0.15) is 59.3 Å². The van der Waals surface area contributed by atoms with Crippen molar-refractivity contribution < 1.29 is 24.5 Å². The average molecular weight is 454 g/mol. The molecule has 30 heavy (non-hydrogen) atoms. The molecule has 1 aromatic heterocycles. The number of aromatic nitrogens is 1. The van der Waals surface area contributed by atoms with E-state index in [0.717, 1.165) is 29.4 Å². The fraction of sp³-hybridized carbons (Fsp3) is 0.591. The van der Waals surface area contributed by atoms with Crippen LogP contribution in [-0.2, 0) is 4.79 Å².